The fraction of sp³-hybridized carbons (Fsp3) is 0.625. The van der Waals surface area contributed by atoms with Crippen LogP contribution in [0.15, 0.2) is 24.3 Å². The van der Waals surface area contributed by atoms with Crippen molar-refractivity contribution in [2.45, 2.75) is 69.6 Å². The van der Waals surface area contributed by atoms with Gasteiger partial charge in [0, 0.05) is 37.5 Å². The van der Waals surface area contributed by atoms with Crippen LogP contribution < -0.4 is 16.0 Å². The third-order valence-corrected chi connectivity index (χ3v) is 6.45. The molecule has 0 spiro atoms. The van der Waals surface area contributed by atoms with E-state index < -0.39 is 18.0 Å². The summed E-state index contributed by atoms with van der Waals surface area (Å²) in [6, 6.07) is 8.64. The highest BCUT2D eigenvalue weighted by Crippen LogP contribution is 2.35. The average Bonchev–Trinajstić information content (AvgIpc) is 2.77. The molecule has 34 heavy (non-hydrogen) atoms. The first-order chi connectivity index (χ1) is 15.9. The summed E-state index contributed by atoms with van der Waals surface area (Å²) in [5, 5.41) is 7.06. The highest BCUT2D eigenvalue weighted by Gasteiger charge is 2.38. The van der Waals surface area contributed by atoms with E-state index in [0.717, 1.165) is 32.1 Å². The minimum atomic E-state index is -4.95. The van der Waals surface area contributed by atoms with Gasteiger partial charge in [-0.15, -0.1) is 0 Å². The monoisotopic (exact) mass is 484 g/mol. The Balaban J connectivity index is 1.69. The molecule has 190 valence electrons. The van der Waals surface area contributed by atoms with Gasteiger partial charge in [0.05, 0.1) is 0 Å². The van der Waals surface area contributed by atoms with Crippen LogP contribution in [0.2, 0.25) is 0 Å². The van der Waals surface area contributed by atoms with E-state index in [0.29, 0.717) is 0 Å². The van der Waals surface area contributed by atoms with Gasteiger partial charge in [0.2, 0.25) is 11.8 Å². The van der Waals surface area contributed by atoms with E-state index in [1.54, 1.807) is 5.32 Å². The summed E-state index contributed by atoms with van der Waals surface area (Å²) >= 11 is 0. The molecule has 1 fully saturated rings. The van der Waals surface area contributed by atoms with Gasteiger partial charge in [0.25, 0.3) is 0 Å². The number of alkyl halides is 3. The molecule has 0 unspecified atom stereocenters. The molecular weight excluding hydrogens is 449 g/mol. The number of nitrogens with zero attached hydrogens (tertiary/aromatic N) is 1. The minimum Gasteiger partial charge on any atom is -0.354 e. The Hall–Kier alpha value is -2.62. The lowest BCUT2D eigenvalue weighted by Gasteiger charge is -2.45. The first kappa shape index (κ1) is 27.6. The molecule has 0 aliphatic heterocycles. The van der Waals surface area contributed by atoms with Crippen molar-refractivity contribution in [3.05, 3.63) is 35.4 Å². The molecule has 0 atom stereocenters. The summed E-state index contributed by atoms with van der Waals surface area (Å²) in [6.45, 7) is 1.59. The van der Waals surface area contributed by atoms with E-state index in [1.807, 2.05) is 0 Å². The fourth-order valence-corrected chi connectivity index (χ4v) is 4.26. The quantitative estimate of drug-likeness (QED) is 0.445. The molecule has 1 aromatic rings. The Kier molecular flexibility index (Phi) is 9.90. The van der Waals surface area contributed by atoms with Crippen molar-refractivity contribution in [3.8, 4) is 0 Å². The molecule has 0 bridgehead atoms. The van der Waals surface area contributed by atoms with Gasteiger partial charge >= 0.3 is 12.1 Å². The number of aryl methyl sites for hydroxylation is 1. The first-order valence-corrected chi connectivity index (χ1v) is 11.6. The average molecular weight is 485 g/mol. The molecule has 2 rings (SSSR count). The van der Waals surface area contributed by atoms with Crippen molar-refractivity contribution >= 4 is 17.7 Å². The lowest BCUT2D eigenvalue weighted by molar-refractivity contribution is -0.173. The number of halogens is 3. The SMILES string of the molecule is Cc1ccc(CC2(N(C)C)CCC(NC(=O)CCC(=O)NCCNC(=O)C(F)(F)F)CC2)cc1. The van der Waals surface area contributed by atoms with Gasteiger partial charge in [-0.3, -0.25) is 14.4 Å². The maximum Gasteiger partial charge on any atom is 0.471 e. The van der Waals surface area contributed by atoms with Crippen LogP contribution in [0.25, 0.3) is 0 Å². The van der Waals surface area contributed by atoms with Crippen LogP contribution in [-0.2, 0) is 20.8 Å². The summed E-state index contributed by atoms with van der Waals surface area (Å²) in [4.78, 5) is 37.1. The van der Waals surface area contributed by atoms with Gasteiger partial charge < -0.3 is 20.9 Å². The van der Waals surface area contributed by atoms with E-state index in [4.69, 9.17) is 0 Å². The Morgan fingerprint density at radius 3 is 2.09 bits per heavy atom. The van der Waals surface area contributed by atoms with Crippen LogP contribution in [-0.4, -0.2) is 67.6 Å². The third-order valence-electron chi connectivity index (χ3n) is 6.45. The predicted octanol–water partition coefficient (Wildman–Crippen LogP) is 2.47. The molecule has 10 heteroatoms. The van der Waals surface area contributed by atoms with Crippen LogP contribution in [0.4, 0.5) is 13.2 Å². The Labute approximate surface area is 198 Å². The molecule has 0 heterocycles. The second-order valence-electron chi connectivity index (χ2n) is 9.23. The molecular formula is C24H35F3N4O3. The maximum atomic E-state index is 12.3. The van der Waals surface area contributed by atoms with Gasteiger partial charge in [-0.05, 0) is 58.7 Å². The standard InChI is InChI=1S/C24H35F3N4O3/c1-17-4-6-18(7-5-17)16-23(31(2)3)12-10-19(11-13-23)30-21(33)9-8-20(32)28-14-15-29-22(34)24(25,26)27/h4-7,19H,8-16H2,1-3H3,(H,28,32)(H,29,34)(H,30,33). The zero-order valence-electron chi connectivity index (χ0n) is 20.1. The maximum absolute atomic E-state index is 12.3. The number of amides is 3. The fourth-order valence-electron chi connectivity index (χ4n) is 4.26. The summed E-state index contributed by atoms with van der Waals surface area (Å²) in [5.41, 5.74) is 2.57. The second kappa shape index (κ2) is 12.2. The van der Waals surface area contributed by atoms with Crippen molar-refractivity contribution < 1.29 is 27.6 Å². The summed E-state index contributed by atoms with van der Waals surface area (Å²) in [5.74, 6) is -2.73. The topological polar surface area (TPSA) is 90.5 Å². The Morgan fingerprint density at radius 2 is 1.53 bits per heavy atom. The summed E-state index contributed by atoms with van der Waals surface area (Å²) in [7, 11) is 4.19. The number of hydrogen-bond donors (Lipinski definition) is 3. The van der Waals surface area contributed by atoms with Gasteiger partial charge in [0.15, 0.2) is 0 Å². The molecule has 0 aromatic heterocycles. The first-order valence-electron chi connectivity index (χ1n) is 11.6. The summed E-state index contributed by atoms with van der Waals surface area (Å²) in [6.07, 6.45) is -0.480. The largest absolute Gasteiger partial charge is 0.471 e. The van der Waals surface area contributed by atoms with Crippen molar-refractivity contribution in [2.75, 3.05) is 27.2 Å². The van der Waals surface area contributed by atoms with Crippen LogP contribution >= 0.6 is 0 Å². The zero-order valence-corrected chi connectivity index (χ0v) is 20.1. The molecule has 1 aliphatic carbocycles. The van der Waals surface area contributed by atoms with E-state index in [2.05, 4.69) is 60.8 Å². The summed E-state index contributed by atoms with van der Waals surface area (Å²) < 4.78 is 36.3. The van der Waals surface area contributed by atoms with Crippen LogP contribution in [0.3, 0.4) is 0 Å². The second-order valence-corrected chi connectivity index (χ2v) is 9.23. The van der Waals surface area contributed by atoms with Gasteiger partial charge in [-0.25, -0.2) is 0 Å². The van der Waals surface area contributed by atoms with Crippen molar-refractivity contribution in [3.63, 3.8) is 0 Å². The molecule has 3 amide bonds. The number of rotatable bonds is 10. The molecule has 1 saturated carbocycles. The minimum absolute atomic E-state index is 0.000562. The molecule has 1 aromatic carbocycles. The zero-order chi connectivity index (χ0) is 25.4. The Bertz CT molecular complexity index is 833. The highest BCUT2D eigenvalue weighted by atomic mass is 19.4. The van der Waals surface area contributed by atoms with Gasteiger partial charge in [-0.2, -0.15) is 13.2 Å². The van der Waals surface area contributed by atoms with Crippen LogP contribution in [0, 0.1) is 6.92 Å². The number of benzene rings is 1. The third kappa shape index (κ3) is 8.62. The Morgan fingerprint density at radius 1 is 0.971 bits per heavy atom. The number of carbonyl (C=O) groups is 3. The van der Waals surface area contributed by atoms with Gasteiger partial charge in [-0.1, -0.05) is 29.8 Å². The van der Waals surface area contributed by atoms with Crippen LogP contribution in [0.5, 0.6) is 0 Å². The van der Waals surface area contributed by atoms with E-state index in [1.165, 1.54) is 11.1 Å². The smallest absolute Gasteiger partial charge is 0.354 e. The van der Waals surface area contributed by atoms with Crippen molar-refractivity contribution in [1.29, 1.82) is 0 Å². The van der Waals surface area contributed by atoms with Gasteiger partial charge in [0.1, 0.15) is 0 Å². The molecule has 7 nitrogen and oxygen atoms in total. The molecule has 0 radical (unpaired) electrons. The molecule has 3 N–H and O–H groups in total. The van der Waals surface area contributed by atoms with Crippen molar-refractivity contribution in [2.24, 2.45) is 0 Å². The van der Waals surface area contributed by atoms with Crippen LogP contribution in [0.1, 0.15) is 49.7 Å². The lowest BCUT2D eigenvalue weighted by atomic mass is 9.74. The molecule has 0 saturated heterocycles. The van der Waals surface area contributed by atoms with E-state index in [9.17, 15) is 27.6 Å². The lowest BCUT2D eigenvalue weighted by Crippen LogP contribution is -2.52. The van der Waals surface area contributed by atoms with E-state index in [-0.39, 0.29) is 43.4 Å². The van der Waals surface area contributed by atoms with Crippen molar-refractivity contribution in [1.82, 2.24) is 20.9 Å². The normalized spacial score (nSPS) is 20.6. The predicted molar refractivity (Wildman–Crippen MR) is 123 cm³/mol. The number of carbonyl (C=O) groups excluding carboxylic acids is 3. The number of nitrogens with one attached hydrogen (secondary N) is 3. The van der Waals surface area contributed by atoms with E-state index >= 15 is 0 Å². The number of likely N-dealkylation sites (N-methyl/N-ethyl adjacent to an activating group) is 1. The number of hydrogen-bond acceptors (Lipinski definition) is 4. The highest BCUT2D eigenvalue weighted by molar-refractivity contribution is 5.84. The molecule has 1 aliphatic rings.